The highest BCUT2D eigenvalue weighted by Gasteiger charge is 2.18. The Kier molecular flexibility index (Phi) is 8.38. The van der Waals surface area contributed by atoms with Crippen molar-refractivity contribution >= 4 is 5.91 Å². The van der Waals surface area contributed by atoms with Gasteiger partial charge in [0.25, 0.3) is 0 Å². The molecule has 0 aliphatic rings. The number of hydrogen-bond donors (Lipinski definition) is 1. The molecule has 0 aromatic heterocycles. The molecule has 15 heavy (non-hydrogen) atoms. The van der Waals surface area contributed by atoms with Crippen LogP contribution in [0, 0.1) is 0 Å². The van der Waals surface area contributed by atoms with Crippen LogP contribution in [0.3, 0.4) is 0 Å². The lowest BCUT2D eigenvalue weighted by Crippen LogP contribution is -2.44. The summed E-state index contributed by atoms with van der Waals surface area (Å²) >= 11 is 0. The van der Waals surface area contributed by atoms with Gasteiger partial charge in [-0.3, -0.25) is 4.79 Å². The summed E-state index contributed by atoms with van der Waals surface area (Å²) in [6.45, 7) is 7.98. The molecule has 1 amide bonds. The van der Waals surface area contributed by atoms with Gasteiger partial charge >= 0.3 is 0 Å². The third kappa shape index (κ3) is 5.78. The van der Waals surface area contributed by atoms with E-state index in [9.17, 15) is 4.79 Å². The second-order valence-corrected chi connectivity index (χ2v) is 4.07. The molecule has 0 fully saturated rings. The second-order valence-electron chi connectivity index (χ2n) is 4.07. The van der Waals surface area contributed by atoms with E-state index in [2.05, 4.69) is 20.8 Å². The van der Waals surface area contributed by atoms with Gasteiger partial charge in [0.2, 0.25) is 5.91 Å². The van der Waals surface area contributed by atoms with Crippen LogP contribution in [-0.4, -0.2) is 29.9 Å². The monoisotopic (exact) mass is 214 g/mol. The van der Waals surface area contributed by atoms with E-state index in [1.807, 2.05) is 4.90 Å². The quantitative estimate of drug-likeness (QED) is 0.673. The number of nitrogens with two attached hydrogens (primary N) is 1. The number of unbranched alkanes of at least 4 members (excludes halogenated alkanes) is 1. The number of nitrogens with zero attached hydrogens (tertiary/aromatic N) is 1. The van der Waals surface area contributed by atoms with Crippen LogP contribution in [0.5, 0.6) is 0 Å². The van der Waals surface area contributed by atoms with E-state index in [1.165, 1.54) is 0 Å². The van der Waals surface area contributed by atoms with Crippen LogP contribution in [0.4, 0.5) is 0 Å². The molecular weight excluding hydrogens is 188 g/mol. The molecule has 0 unspecified atom stereocenters. The Balaban J connectivity index is 4.08. The largest absolute Gasteiger partial charge is 0.341 e. The molecule has 2 N–H and O–H groups in total. The maximum atomic E-state index is 11.9. The Hall–Kier alpha value is -0.570. The molecule has 0 saturated heterocycles. The summed E-state index contributed by atoms with van der Waals surface area (Å²) in [5, 5.41) is 0. The smallest absolute Gasteiger partial charge is 0.239 e. The maximum Gasteiger partial charge on any atom is 0.239 e. The Morgan fingerprint density at radius 1 is 1.13 bits per heavy atom. The van der Waals surface area contributed by atoms with E-state index >= 15 is 0 Å². The average molecular weight is 214 g/mol. The first kappa shape index (κ1) is 14.4. The van der Waals surface area contributed by atoms with Gasteiger partial charge in [0.05, 0.1) is 6.04 Å². The van der Waals surface area contributed by atoms with Gasteiger partial charge in [0.15, 0.2) is 0 Å². The summed E-state index contributed by atoms with van der Waals surface area (Å²) in [5.41, 5.74) is 5.87. The normalized spacial score (nSPS) is 12.5. The first-order chi connectivity index (χ1) is 7.17. The fraction of sp³-hybridized carbons (Fsp3) is 0.917. The van der Waals surface area contributed by atoms with Crippen molar-refractivity contribution in [2.24, 2.45) is 5.73 Å². The minimum Gasteiger partial charge on any atom is -0.341 e. The fourth-order valence-electron chi connectivity index (χ4n) is 1.65. The van der Waals surface area contributed by atoms with E-state index in [-0.39, 0.29) is 11.9 Å². The Morgan fingerprint density at radius 3 is 2.07 bits per heavy atom. The van der Waals surface area contributed by atoms with Gasteiger partial charge in [-0.25, -0.2) is 0 Å². The third-order valence-electron chi connectivity index (χ3n) is 2.48. The van der Waals surface area contributed by atoms with Crippen molar-refractivity contribution in [2.45, 2.75) is 58.9 Å². The predicted molar refractivity (Wildman–Crippen MR) is 64.7 cm³/mol. The van der Waals surface area contributed by atoms with Crippen LogP contribution >= 0.6 is 0 Å². The number of carbonyl (C=O) groups is 1. The first-order valence-electron chi connectivity index (χ1n) is 6.21. The molecule has 3 nitrogen and oxygen atoms in total. The molecule has 0 aliphatic carbocycles. The lowest BCUT2D eigenvalue weighted by molar-refractivity contribution is -0.132. The summed E-state index contributed by atoms with van der Waals surface area (Å²) in [6.07, 6.45) is 4.97. The fourth-order valence-corrected chi connectivity index (χ4v) is 1.65. The summed E-state index contributed by atoms with van der Waals surface area (Å²) in [4.78, 5) is 13.8. The van der Waals surface area contributed by atoms with Gasteiger partial charge in [0, 0.05) is 13.1 Å². The van der Waals surface area contributed by atoms with Gasteiger partial charge in [-0.2, -0.15) is 0 Å². The van der Waals surface area contributed by atoms with Crippen LogP contribution in [0.15, 0.2) is 0 Å². The lowest BCUT2D eigenvalue weighted by Gasteiger charge is -2.24. The standard InChI is InChI=1S/C12H26N2O/c1-4-7-8-11(13)12(15)14(9-5-2)10-6-3/h11H,4-10,13H2,1-3H3/t11-/m0/s1. The molecule has 0 bridgehead atoms. The van der Waals surface area contributed by atoms with Crippen molar-refractivity contribution in [3.63, 3.8) is 0 Å². The van der Waals surface area contributed by atoms with E-state index in [4.69, 9.17) is 5.73 Å². The van der Waals surface area contributed by atoms with Crippen molar-refractivity contribution in [2.75, 3.05) is 13.1 Å². The highest BCUT2D eigenvalue weighted by molar-refractivity contribution is 5.81. The summed E-state index contributed by atoms with van der Waals surface area (Å²) in [6, 6.07) is -0.289. The Labute approximate surface area is 94.0 Å². The zero-order chi connectivity index (χ0) is 11.7. The summed E-state index contributed by atoms with van der Waals surface area (Å²) in [7, 11) is 0. The molecule has 0 spiro atoms. The lowest BCUT2D eigenvalue weighted by atomic mass is 10.1. The second kappa shape index (κ2) is 8.72. The zero-order valence-electron chi connectivity index (χ0n) is 10.5. The molecule has 0 radical (unpaired) electrons. The van der Waals surface area contributed by atoms with Gasteiger partial charge in [0.1, 0.15) is 0 Å². The molecule has 0 aromatic rings. The first-order valence-corrected chi connectivity index (χ1v) is 6.21. The number of hydrogen-bond acceptors (Lipinski definition) is 2. The zero-order valence-corrected chi connectivity index (χ0v) is 10.5. The van der Waals surface area contributed by atoms with E-state index in [0.29, 0.717) is 0 Å². The Morgan fingerprint density at radius 2 is 1.67 bits per heavy atom. The van der Waals surface area contributed by atoms with E-state index in [1.54, 1.807) is 0 Å². The van der Waals surface area contributed by atoms with Gasteiger partial charge in [-0.05, 0) is 19.3 Å². The highest BCUT2D eigenvalue weighted by Crippen LogP contribution is 2.04. The van der Waals surface area contributed by atoms with Crippen LogP contribution < -0.4 is 5.73 Å². The molecule has 0 saturated carbocycles. The number of carbonyl (C=O) groups excluding carboxylic acids is 1. The van der Waals surface area contributed by atoms with Gasteiger partial charge in [-0.15, -0.1) is 0 Å². The van der Waals surface area contributed by atoms with Crippen molar-refractivity contribution in [1.29, 1.82) is 0 Å². The Bertz CT molecular complexity index is 165. The van der Waals surface area contributed by atoms with Crippen molar-refractivity contribution in [3.05, 3.63) is 0 Å². The van der Waals surface area contributed by atoms with Crippen LogP contribution in [0.1, 0.15) is 52.9 Å². The molecule has 3 heteroatoms. The molecule has 90 valence electrons. The minimum absolute atomic E-state index is 0.132. The van der Waals surface area contributed by atoms with E-state index < -0.39 is 0 Å². The number of rotatable bonds is 8. The van der Waals surface area contributed by atoms with Crippen molar-refractivity contribution in [1.82, 2.24) is 4.90 Å². The topological polar surface area (TPSA) is 46.3 Å². The maximum absolute atomic E-state index is 11.9. The molecule has 0 rings (SSSR count). The van der Waals surface area contributed by atoms with Crippen LogP contribution in [-0.2, 0) is 4.79 Å². The van der Waals surface area contributed by atoms with E-state index in [0.717, 1.165) is 45.2 Å². The van der Waals surface area contributed by atoms with Crippen LogP contribution in [0.25, 0.3) is 0 Å². The molecule has 0 heterocycles. The summed E-state index contributed by atoms with van der Waals surface area (Å²) in [5.74, 6) is 0.132. The van der Waals surface area contributed by atoms with Crippen molar-refractivity contribution in [3.8, 4) is 0 Å². The summed E-state index contributed by atoms with van der Waals surface area (Å²) < 4.78 is 0. The molecular formula is C12H26N2O. The van der Waals surface area contributed by atoms with Crippen LogP contribution in [0.2, 0.25) is 0 Å². The average Bonchev–Trinajstić information content (AvgIpc) is 2.24. The SMILES string of the molecule is CCCC[C@H](N)C(=O)N(CCC)CCC. The van der Waals surface area contributed by atoms with Gasteiger partial charge < -0.3 is 10.6 Å². The number of amides is 1. The molecule has 1 atom stereocenters. The van der Waals surface area contributed by atoms with Crippen molar-refractivity contribution < 1.29 is 4.79 Å². The molecule has 0 aromatic carbocycles. The third-order valence-corrected chi connectivity index (χ3v) is 2.48. The highest BCUT2D eigenvalue weighted by atomic mass is 16.2. The molecule has 0 aliphatic heterocycles. The predicted octanol–water partition coefficient (Wildman–Crippen LogP) is 2.15. The minimum atomic E-state index is -0.289. The van der Waals surface area contributed by atoms with Gasteiger partial charge in [-0.1, -0.05) is 33.6 Å².